The van der Waals surface area contributed by atoms with Crippen LogP contribution in [0.2, 0.25) is 0 Å². The second-order valence-corrected chi connectivity index (χ2v) is 20.1. The van der Waals surface area contributed by atoms with E-state index in [1.807, 2.05) is 0 Å². The number of anilines is 3. The third-order valence-electron chi connectivity index (χ3n) is 16.6. The largest absolute Gasteiger partial charge is 0.460 e. The first-order valence-electron chi connectivity index (χ1n) is 21.8. The molecular weight excluding hydrogens is 679 g/mol. The van der Waals surface area contributed by atoms with Gasteiger partial charge in [-0.2, -0.15) is 0 Å². The minimum Gasteiger partial charge on any atom is -0.460 e. The molecule has 1 heterocycles. The molecule has 4 bridgehead atoms. The summed E-state index contributed by atoms with van der Waals surface area (Å²) in [6, 6.07) is 40.9. The molecule has 7 aliphatic rings. The average Bonchev–Trinajstić information content (AvgIpc) is 4.10. The maximum Gasteiger partial charge on any atom is 0.135 e. The highest BCUT2D eigenvalue weighted by molar-refractivity contribution is 5.95. The summed E-state index contributed by atoms with van der Waals surface area (Å²) in [7, 11) is 0. The number of rotatable bonds is 3. The fourth-order valence-electron chi connectivity index (χ4n) is 14.4. The molecule has 0 saturated heterocycles. The van der Waals surface area contributed by atoms with Crippen molar-refractivity contribution in [3.63, 3.8) is 0 Å². The van der Waals surface area contributed by atoms with Gasteiger partial charge in [-0.15, -0.1) is 0 Å². The van der Waals surface area contributed by atoms with Crippen LogP contribution in [0.4, 0.5) is 17.1 Å². The Bertz CT molecular complexity index is 2560. The Morgan fingerprint density at radius 3 is 1.66 bits per heavy atom. The summed E-state index contributed by atoms with van der Waals surface area (Å²) < 4.78 is 6.78. The molecule has 0 aliphatic heterocycles. The van der Waals surface area contributed by atoms with Crippen LogP contribution in [-0.4, -0.2) is 0 Å². The highest BCUT2D eigenvalue weighted by atomic mass is 16.3. The van der Waals surface area contributed by atoms with Crippen molar-refractivity contribution in [2.24, 2.45) is 29.1 Å². The first-order valence-corrected chi connectivity index (χ1v) is 21.8. The fourth-order valence-corrected chi connectivity index (χ4v) is 14.4. The summed E-state index contributed by atoms with van der Waals surface area (Å²) in [5.74, 6) is 4.66. The quantitative estimate of drug-likeness (QED) is 0.180. The topological polar surface area (TPSA) is 16.4 Å². The molecular formula is C54H51NO. The van der Waals surface area contributed by atoms with E-state index >= 15 is 0 Å². The molecule has 1 aromatic heterocycles. The van der Waals surface area contributed by atoms with Gasteiger partial charge in [-0.25, -0.2) is 0 Å². The zero-order valence-corrected chi connectivity index (χ0v) is 33.1. The summed E-state index contributed by atoms with van der Waals surface area (Å²) in [5.41, 5.74) is 18.6. The van der Waals surface area contributed by atoms with Crippen molar-refractivity contribution in [3.8, 4) is 22.3 Å². The predicted molar refractivity (Wildman–Crippen MR) is 230 cm³/mol. The Hall–Kier alpha value is -4.82. The van der Waals surface area contributed by atoms with Gasteiger partial charge in [0.25, 0.3) is 0 Å². The van der Waals surface area contributed by atoms with Crippen LogP contribution in [0.1, 0.15) is 118 Å². The van der Waals surface area contributed by atoms with Gasteiger partial charge in [-0.1, -0.05) is 106 Å². The molecule has 7 atom stereocenters. The molecule has 2 spiro atoms. The predicted octanol–water partition coefficient (Wildman–Crippen LogP) is 14.6. The second-order valence-electron chi connectivity index (χ2n) is 20.1. The van der Waals surface area contributed by atoms with Crippen molar-refractivity contribution in [1.82, 2.24) is 0 Å². The van der Waals surface area contributed by atoms with Gasteiger partial charge in [-0.05, 0) is 161 Å². The van der Waals surface area contributed by atoms with Gasteiger partial charge >= 0.3 is 0 Å². The Morgan fingerprint density at radius 1 is 0.589 bits per heavy atom. The van der Waals surface area contributed by atoms with Gasteiger partial charge in [-0.3, -0.25) is 0 Å². The van der Waals surface area contributed by atoms with Crippen molar-refractivity contribution in [2.75, 3.05) is 4.90 Å². The summed E-state index contributed by atoms with van der Waals surface area (Å²) in [5, 5.41) is 1.23. The van der Waals surface area contributed by atoms with Gasteiger partial charge in [0.1, 0.15) is 11.3 Å². The molecule has 5 aromatic carbocycles. The van der Waals surface area contributed by atoms with Crippen LogP contribution in [0.25, 0.3) is 39.3 Å². The minimum absolute atomic E-state index is 0.123. The molecule has 7 unspecified atom stereocenters. The maximum atomic E-state index is 6.78. The molecule has 6 aromatic rings. The molecule has 0 amide bonds. The number of fused-ring (bicyclic) bond motifs is 19. The van der Waals surface area contributed by atoms with Crippen LogP contribution < -0.4 is 4.90 Å². The third-order valence-corrected chi connectivity index (χ3v) is 16.6. The normalized spacial score (nSPS) is 29.7. The monoisotopic (exact) mass is 729 g/mol. The van der Waals surface area contributed by atoms with E-state index < -0.39 is 0 Å². The standard InChI is InChI=1S/C54H51NO/c1-52(2,3)47-14-8-11-43-44-27-36(21-24-50(44)56-51(43)47)55(37-19-22-41-39-9-4-6-12-45(39)53(48(41)28-37)30-32-15-17-34(53)25-32)38-20-23-42-40-10-5-7-13-46(40)54(49(42)29-38)31-33-16-18-35(54)26-33/h4-13,19-24,27-29,32-35,47H,14-18,25-26,30-31H2,1-3H3. The van der Waals surface area contributed by atoms with E-state index in [9.17, 15) is 0 Å². The summed E-state index contributed by atoms with van der Waals surface area (Å²) in [6.07, 6.45) is 16.6. The third kappa shape index (κ3) is 4.04. The van der Waals surface area contributed by atoms with Crippen LogP contribution in [0.15, 0.2) is 114 Å². The smallest absolute Gasteiger partial charge is 0.135 e. The number of hydrogen-bond donors (Lipinski definition) is 0. The van der Waals surface area contributed by atoms with E-state index in [0.29, 0.717) is 5.92 Å². The lowest BCUT2D eigenvalue weighted by Crippen LogP contribution is -2.32. The molecule has 278 valence electrons. The molecule has 0 N–H and O–H groups in total. The second kappa shape index (κ2) is 11.0. The lowest BCUT2D eigenvalue weighted by molar-refractivity contribution is 0.283. The number of furan rings is 1. The Kier molecular flexibility index (Phi) is 6.32. The molecule has 4 fully saturated rings. The van der Waals surface area contributed by atoms with Crippen molar-refractivity contribution in [2.45, 2.75) is 95.3 Å². The molecule has 7 aliphatic carbocycles. The maximum absolute atomic E-state index is 6.78. The lowest BCUT2D eigenvalue weighted by atomic mass is 9.66. The van der Waals surface area contributed by atoms with E-state index in [-0.39, 0.29) is 16.2 Å². The molecule has 0 radical (unpaired) electrons. The number of allylic oxidation sites excluding steroid dienone is 1. The van der Waals surface area contributed by atoms with E-state index in [1.165, 1.54) is 102 Å². The van der Waals surface area contributed by atoms with Crippen LogP contribution in [0, 0.1) is 29.1 Å². The van der Waals surface area contributed by atoms with E-state index in [4.69, 9.17) is 4.42 Å². The van der Waals surface area contributed by atoms with Gasteiger partial charge in [0, 0.05) is 44.8 Å². The lowest BCUT2D eigenvalue weighted by Gasteiger charge is -2.38. The summed E-state index contributed by atoms with van der Waals surface area (Å²) in [4.78, 5) is 2.61. The van der Waals surface area contributed by atoms with Gasteiger partial charge < -0.3 is 9.32 Å². The minimum atomic E-state index is 0.123. The number of benzene rings is 5. The van der Waals surface area contributed by atoms with Crippen LogP contribution in [0.3, 0.4) is 0 Å². The zero-order chi connectivity index (χ0) is 37.1. The van der Waals surface area contributed by atoms with E-state index in [0.717, 1.165) is 41.4 Å². The Morgan fingerprint density at radius 2 is 1.12 bits per heavy atom. The van der Waals surface area contributed by atoms with Crippen molar-refractivity contribution in [3.05, 3.63) is 143 Å². The fraction of sp³-hybridized carbons (Fsp3) is 0.370. The number of nitrogens with zero attached hydrogens (tertiary/aromatic N) is 1. The Labute approximate surface area is 331 Å². The van der Waals surface area contributed by atoms with E-state index in [1.54, 1.807) is 22.3 Å². The van der Waals surface area contributed by atoms with Crippen molar-refractivity contribution in [1.29, 1.82) is 0 Å². The molecule has 13 rings (SSSR count). The molecule has 2 nitrogen and oxygen atoms in total. The highest BCUT2D eigenvalue weighted by Gasteiger charge is 2.58. The highest BCUT2D eigenvalue weighted by Crippen LogP contribution is 2.68. The van der Waals surface area contributed by atoms with Gasteiger partial charge in [0.05, 0.1) is 0 Å². The first-order chi connectivity index (χ1) is 27.3. The van der Waals surface area contributed by atoms with Gasteiger partial charge in [0.15, 0.2) is 0 Å². The van der Waals surface area contributed by atoms with Gasteiger partial charge in [0.2, 0.25) is 0 Å². The van der Waals surface area contributed by atoms with Crippen molar-refractivity contribution < 1.29 is 4.42 Å². The van der Waals surface area contributed by atoms with Crippen LogP contribution >= 0.6 is 0 Å². The van der Waals surface area contributed by atoms with E-state index in [2.05, 4.69) is 141 Å². The molecule has 4 saturated carbocycles. The Balaban J connectivity index is 1.03. The molecule has 2 heteroatoms. The van der Waals surface area contributed by atoms with Crippen molar-refractivity contribution >= 4 is 34.1 Å². The van der Waals surface area contributed by atoms with Crippen LogP contribution in [-0.2, 0) is 10.8 Å². The molecule has 56 heavy (non-hydrogen) atoms. The summed E-state index contributed by atoms with van der Waals surface area (Å²) in [6.45, 7) is 7.06. The number of hydrogen-bond acceptors (Lipinski definition) is 2. The average molecular weight is 730 g/mol. The van der Waals surface area contributed by atoms with Crippen LogP contribution in [0.5, 0.6) is 0 Å². The summed E-state index contributed by atoms with van der Waals surface area (Å²) >= 11 is 0. The SMILES string of the molecule is CC(C)(C)C1CC=Cc2c1oc1ccc(N(c3ccc4c(c3)C3(CC5CCC3C5)c3ccccc3-4)c3ccc4c(c3)C3(CC5CCC3C5)c3ccccc3-4)cc21. The zero-order valence-electron chi connectivity index (χ0n) is 33.1. The first kappa shape index (κ1) is 32.3.